The van der Waals surface area contributed by atoms with Crippen LogP contribution in [0.25, 0.3) is 0 Å². The van der Waals surface area contributed by atoms with Crippen LogP contribution in [0.4, 0.5) is 0 Å². The van der Waals surface area contributed by atoms with Crippen molar-refractivity contribution in [3.8, 4) is 0 Å². The third-order valence-electron chi connectivity index (χ3n) is 5.35. The lowest BCUT2D eigenvalue weighted by molar-refractivity contribution is 0.0403. The molecule has 24 heavy (non-hydrogen) atoms. The largest absolute Gasteiger partial charge is 0.477 e. The highest BCUT2D eigenvalue weighted by molar-refractivity contribution is 5.85. The maximum Gasteiger partial charge on any atom is 0.354 e. The van der Waals surface area contributed by atoms with Gasteiger partial charge in [0.05, 0.1) is 11.8 Å². The van der Waals surface area contributed by atoms with Gasteiger partial charge >= 0.3 is 5.97 Å². The fraction of sp³-hybridized carbons (Fsp3) is 0.684. The van der Waals surface area contributed by atoms with Crippen molar-refractivity contribution in [3.63, 3.8) is 0 Å². The van der Waals surface area contributed by atoms with Crippen molar-refractivity contribution in [3.05, 3.63) is 29.6 Å². The molecule has 1 atom stereocenters. The molecule has 2 heterocycles. The van der Waals surface area contributed by atoms with Crippen LogP contribution in [0.1, 0.15) is 61.6 Å². The van der Waals surface area contributed by atoms with Crippen LogP contribution in [0, 0.1) is 5.92 Å². The molecule has 1 saturated carbocycles. The van der Waals surface area contributed by atoms with Gasteiger partial charge in [0.1, 0.15) is 5.69 Å². The maximum atomic E-state index is 11.2. The monoisotopic (exact) mass is 332 g/mol. The molecule has 1 aliphatic carbocycles. The molecule has 1 unspecified atom stereocenters. The standard InChI is InChI=1S/C19H28N2O3/c1-14-7-9-16(10-8-14)21(13-17-5-3-11-24-17)12-15-4-2-6-18(20-15)19(22)23/h2,4,6,14,16-17H,3,5,7-13H2,1H3,(H,22,23). The first-order valence-electron chi connectivity index (χ1n) is 9.16. The number of nitrogens with zero attached hydrogens (tertiary/aromatic N) is 2. The minimum absolute atomic E-state index is 0.127. The second-order valence-corrected chi connectivity index (χ2v) is 7.30. The average molecular weight is 332 g/mol. The maximum absolute atomic E-state index is 11.2. The van der Waals surface area contributed by atoms with E-state index in [1.54, 1.807) is 12.1 Å². The number of aromatic carboxylic acids is 1. The summed E-state index contributed by atoms with van der Waals surface area (Å²) in [6, 6.07) is 5.83. The summed E-state index contributed by atoms with van der Waals surface area (Å²) in [5, 5.41) is 9.15. The lowest BCUT2D eigenvalue weighted by atomic mass is 9.86. The molecular formula is C19H28N2O3. The highest BCUT2D eigenvalue weighted by Gasteiger charge is 2.28. The fourth-order valence-electron chi connectivity index (χ4n) is 3.90. The summed E-state index contributed by atoms with van der Waals surface area (Å²) < 4.78 is 5.84. The van der Waals surface area contributed by atoms with Crippen LogP contribution in [-0.4, -0.2) is 46.3 Å². The molecule has 0 bridgehead atoms. The van der Waals surface area contributed by atoms with E-state index in [0.717, 1.165) is 37.6 Å². The Balaban J connectivity index is 1.70. The van der Waals surface area contributed by atoms with Crippen LogP contribution < -0.4 is 0 Å². The number of pyridine rings is 1. The number of carboxylic acids is 1. The zero-order valence-electron chi connectivity index (χ0n) is 14.5. The molecule has 3 rings (SSSR count). The summed E-state index contributed by atoms with van der Waals surface area (Å²) in [6.07, 6.45) is 7.56. The van der Waals surface area contributed by atoms with Gasteiger partial charge in [0.2, 0.25) is 0 Å². The minimum atomic E-state index is -0.964. The lowest BCUT2D eigenvalue weighted by Crippen LogP contribution is -2.42. The molecule has 0 spiro atoms. The Morgan fingerprint density at radius 2 is 2.08 bits per heavy atom. The first kappa shape index (κ1) is 17.4. The van der Waals surface area contributed by atoms with E-state index >= 15 is 0 Å². The predicted molar refractivity (Wildman–Crippen MR) is 92.0 cm³/mol. The Labute approximate surface area is 144 Å². The molecule has 132 valence electrons. The quantitative estimate of drug-likeness (QED) is 0.865. The van der Waals surface area contributed by atoms with E-state index in [4.69, 9.17) is 9.84 Å². The van der Waals surface area contributed by atoms with Crippen LogP contribution in [0.5, 0.6) is 0 Å². The van der Waals surface area contributed by atoms with Gasteiger partial charge in [0.25, 0.3) is 0 Å². The Kier molecular flexibility index (Phi) is 5.85. The van der Waals surface area contributed by atoms with Gasteiger partial charge in [0, 0.05) is 25.7 Å². The summed E-state index contributed by atoms with van der Waals surface area (Å²) in [4.78, 5) is 18.0. The molecule has 0 aromatic carbocycles. The van der Waals surface area contributed by atoms with Crippen LogP contribution in [0.3, 0.4) is 0 Å². The summed E-state index contributed by atoms with van der Waals surface area (Å²) >= 11 is 0. The Morgan fingerprint density at radius 3 is 2.75 bits per heavy atom. The average Bonchev–Trinajstić information content (AvgIpc) is 3.08. The first-order valence-corrected chi connectivity index (χ1v) is 9.16. The van der Waals surface area contributed by atoms with Crippen molar-refractivity contribution in [2.45, 2.75) is 64.1 Å². The number of hydrogen-bond acceptors (Lipinski definition) is 4. The minimum Gasteiger partial charge on any atom is -0.477 e. The molecular weight excluding hydrogens is 304 g/mol. The van der Waals surface area contributed by atoms with Crippen molar-refractivity contribution in [1.29, 1.82) is 0 Å². The molecule has 5 heteroatoms. The van der Waals surface area contributed by atoms with Gasteiger partial charge in [-0.05, 0) is 56.6 Å². The fourth-order valence-corrected chi connectivity index (χ4v) is 3.90. The molecule has 2 aliphatic rings. The summed E-state index contributed by atoms with van der Waals surface area (Å²) in [6.45, 7) is 4.84. The van der Waals surface area contributed by atoms with Crippen LogP contribution in [0.15, 0.2) is 18.2 Å². The first-order chi connectivity index (χ1) is 11.6. The molecule has 2 fully saturated rings. The van der Waals surface area contributed by atoms with Gasteiger partial charge in [-0.1, -0.05) is 13.0 Å². The van der Waals surface area contributed by atoms with Gasteiger partial charge in [-0.25, -0.2) is 9.78 Å². The van der Waals surface area contributed by atoms with Crippen molar-refractivity contribution in [2.75, 3.05) is 13.2 Å². The molecule has 0 radical (unpaired) electrons. The second kappa shape index (κ2) is 8.08. The van der Waals surface area contributed by atoms with Gasteiger partial charge in [-0.2, -0.15) is 0 Å². The summed E-state index contributed by atoms with van der Waals surface area (Å²) in [5.74, 6) is -0.145. The van der Waals surface area contributed by atoms with Crippen molar-refractivity contribution >= 4 is 5.97 Å². The summed E-state index contributed by atoms with van der Waals surface area (Å²) in [7, 11) is 0. The van der Waals surface area contributed by atoms with Crippen molar-refractivity contribution in [2.24, 2.45) is 5.92 Å². The van der Waals surface area contributed by atoms with Crippen LogP contribution >= 0.6 is 0 Å². The number of ether oxygens (including phenoxy) is 1. The Morgan fingerprint density at radius 1 is 1.29 bits per heavy atom. The van der Waals surface area contributed by atoms with E-state index in [-0.39, 0.29) is 5.69 Å². The van der Waals surface area contributed by atoms with Crippen LogP contribution in [-0.2, 0) is 11.3 Å². The number of rotatable bonds is 6. The third kappa shape index (κ3) is 4.54. The Hall–Kier alpha value is -1.46. The van der Waals surface area contributed by atoms with E-state index in [9.17, 15) is 4.79 Å². The van der Waals surface area contributed by atoms with Crippen molar-refractivity contribution < 1.29 is 14.6 Å². The summed E-state index contributed by atoms with van der Waals surface area (Å²) in [5.41, 5.74) is 0.966. The zero-order chi connectivity index (χ0) is 16.9. The molecule has 1 aliphatic heterocycles. The number of carbonyl (C=O) groups is 1. The predicted octanol–water partition coefficient (Wildman–Crippen LogP) is 3.34. The zero-order valence-corrected chi connectivity index (χ0v) is 14.5. The highest BCUT2D eigenvalue weighted by Crippen LogP contribution is 2.29. The second-order valence-electron chi connectivity index (χ2n) is 7.30. The van der Waals surface area contributed by atoms with E-state index in [2.05, 4.69) is 16.8 Å². The highest BCUT2D eigenvalue weighted by atomic mass is 16.5. The SMILES string of the molecule is CC1CCC(N(Cc2cccc(C(=O)O)n2)CC2CCCO2)CC1. The third-order valence-corrected chi connectivity index (χ3v) is 5.35. The van der Waals surface area contributed by atoms with Gasteiger partial charge < -0.3 is 9.84 Å². The molecule has 1 aromatic heterocycles. The van der Waals surface area contributed by atoms with E-state index in [1.165, 1.54) is 25.7 Å². The number of carboxylic acid groups (broad SMARTS) is 1. The normalized spacial score (nSPS) is 27.5. The van der Waals surface area contributed by atoms with Crippen molar-refractivity contribution in [1.82, 2.24) is 9.88 Å². The van der Waals surface area contributed by atoms with Crippen LogP contribution in [0.2, 0.25) is 0 Å². The number of aromatic nitrogens is 1. The van der Waals surface area contributed by atoms with Gasteiger partial charge in [-0.15, -0.1) is 0 Å². The van der Waals surface area contributed by atoms with E-state index < -0.39 is 5.97 Å². The topological polar surface area (TPSA) is 62.7 Å². The molecule has 1 aromatic rings. The van der Waals surface area contributed by atoms with Gasteiger partial charge in [-0.3, -0.25) is 4.90 Å². The van der Waals surface area contributed by atoms with Gasteiger partial charge in [0.15, 0.2) is 0 Å². The molecule has 0 amide bonds. The number of hydrogen-bond donors (Lipinski definition) is 1. The van der Waals surface area contributed by atoms with E-state index in [1.807, 2.05) is 6.07 Å². The lowest BCUT2D eigenvalue weighted by Gasteiger charge is -2.37. The molecule has 1 saturated heterocycles. The van der Waals surface area contributed by atoms with E-state index in [0.29, 0.717) is 18.7 Å². The molecule has 5 nitrogen and oxygen atoms in total. The Bertz CT molecular complexity index is 549. The molecule has 1 N–H and O–H groups in total. The smallest absolute Gasteiger partial charge is 0.354 e.